The Labute approximate surface area is 335 Å². The Bertz CT molecular complexity index is 891. The molecular formula is C47H87NO4S. The summed E-state index contributed by atoms with van der Waals surface area (Å²) in [4.78, 5) is 15.4. The summed E-state index contributed by atoms with van der Waals surface area (Å²) < 4.78 is 17.7. The molecule has 0 aromatic heterocycles. The SMILES string of the molecule is C=C(CCCCCCCC(CCCCCCCC(=S)OC/C=C\CCCCCC)OC(=O)CC(C)(C)CC(C)CN(C)C)OC/C=C\CCCCCC. The number of esters is 1. The van der Waals surface area contributed by atoms with Gasteiger partial charge in [-0.05, 0) is 108 Å². The molecule has 0 aliphatic carbocycles. The molecule has 0 radical (unpaired) electrons. The predicted molar refractivity (Wildman–Crippen MR) is 235 cm³/mol. The molecule has 0 aromatic carbocycles. The van der Waals surface area contributed by atoms with Crippen molar-refractivity contribution in [3.05, 3.63) is 36.6 Å². The Hall–Kier alpha value is -1.66. The molecule has 0 rings (SSSR count). The molecule has 0 aliphatic heterocycles. The fourth-order valence-electron chi connectivity index (χ4n) is 7.18. The Morgan fingerprint density at radius 3 is 1.74 bits per heavy atom. The summed E-state index contributed by atoms with van der Waals surface area (Å²) in [6.45, 7) is 17.6. The van der Waals surface area contributed by atoms with Crippen LogP contribution in [0.15, 0.2) is 36.6 Å². The molecule has 0 aliphatic rings. The molecule has 2 atom stereocenters. The second-order valence-corrected chi connectivity index (χ2v) is 17.3. The maximum atomic E-state index is 13.2. The van der Waals surface area contributed by atoms with E-state index in [1.807, 2.05) is 0 Å². The van der Waals surface area contributed by atoms with E-state index >= 15 is 0 Å². The molecule has 0 fully saturated rings. The van der Waals surface area contributed by atoms with Crippen LogP contribution in [0.2, 0.25) is 0 Å². The second-order valence-electron chi connectivity index (χ2n) is 16.8. The van der Waals surface area contributed by atoms with E-state index in [1.165, 1.54) is 77.0 Å². The first-order valence-corrected chi connectivity index (χ1v) is 22.5. The van der Waals surface area contributed by atoms with Crippen LogP contribution in [0, 0.1) is 11.3 Å². The van der Waals surface area contributed by atoms with E-state index in [0.29, 0.717) is 25.6 Å². The third kappa shape index (κ3) is 37.1. The fourth-order valence-corrected chi connectivity index (χ4v) is 7.39. The predicted octanol–water partition coefficient (Wildman–Crippen LogP) is 14.3. The van der Waals surface area contributed by atoms with Gasteiger partial charge in [0.2, 0.25) is 0 Å². The summed E-state index contributed by atoms with van der Waals surface area (Å²) in [5.41, 5.74) is -0.0653. The van der Waals surface area contributed by atoms with Crippen molar-refractivity contribution in [2.24, 2.45) is 11.3 Å². The lowest BCUT2D eigenvalue weighted by Crippen LogP contribution is -2.28. The second kappa shape index (κ2) is 36.0. The van der Waals surface area contributed by atoms with Gasteiger partial charge < -0.3 is 19.1 Å². The molecule has 0 saturated heterocycles. The first kappa shape index (κ1) is 51.3. The molecule has 0 N–H and O–H groups in total. The van der Waals surface area contributed by atoms with Crippen LogP contribution in [0.25, 0.3) is 0 Å². The molecule has 0 amide bonds. The number of thiocarbonyl (C=S) groups is 1. The zero-order valence-electron chi connectivity index (χ0n) is 36.2. The lowest BCUT2D eigenvalue weighted by atomic mass is 9.80. The average Bonchev–Trinajstić information content (AvgIpc) is 3.08. The van der Waals surface area contributed by atoms with E-state index in [0.717, 1.165) is 101 Å². The fraction of sp³-hybridized carbons (Fsp3) is 0.830. The molecule has 0 saturated carbocycles. The number of allylic oxidation sites excluding steroid dienone is 3. The summed E-state index contributed by atoms with van der Waals surface area (Å²) in [6.07, 6.45) is 38.1. The minimum atomic E-state index is -0.0653. The van der Waals surface area contributed by atoms with Crippen molar-refractivity contribution in [3.8, 4) is 0 Å². The van der Waals surface area contributed by atoms with Crippen LogP contribution in [0.5, 0.6) is 0 Å². The van der Waals surface area contributed by atoms with Gasteiger partial charge in [-0.2, -0.15) is 0 Å². The Balaban J connectivity index is 4.48. The van der Waals surface area contributed by atoms with Crippen LogP contribution in [0.4, 0.5) is 0 Å². The number of unbranched alkanes of at least 4 members (excludes halogenated alkanes) is 16. The summed E-state index contributed by atoms with van der Waals surface area (Å²) in [5.74, 6) is 1.41. The standard InChI is InChI=1S/C47H87NO4S/c1-9-11-13-15-17-25-31-37-50-43(4)33-27-21-19-22-28-34-44(52-45(49)40-47(5,6)39-42(3)41-48(7)8)35-29-23-20-24-30-36-46(53)51-38-32-26-18-16-14-12-10-2/h25-26,31-32,42,44H,4,9-24,27-30,33-41H2,1-3,5-8H3/b31-25-,32-26-. The largest absolute Gasteiger partial charge is 0.495 e. The highest BCUT2D eigenvalue weighted by Gasteiger charge is 2.27. The molecule has 0 spiro atoms. The number of hydrogen-bond acceptors (Lipinski definition) is 6. The lowest BCUT2D eigenvalue weighted by Gasteiger charge is -2.29. The van der Waals surface area contributed by atoms with E-state index in [1.54, 1.807) is 0 Å². The third-order valence-electron chi connectivity index (χ3n) is 9.89. The average molecular weight is 762 g/mol. The van der Waals surface area contributed by atoms with Gasteiger partial charge in [-0.3, -0.25) is 4.79 Å². The molecule has 310 valence electrons. The minimum Gasteiger partial charge on any atom is -0.495 e. The number of carbonyl (C=O) groups excluding carboxylic acids is 1. The molecule has 0 bridgehead atoms. The van der Waals surface area contributed by atoms with Gasteiger partial charge in [0.25, 0.3) is 0 Å². The van der Waals surface area contributed by atoms with Crippen molar-refractivity contribution in [3.63, 3.8) is 0 Å². The van der Waals surface area contributed by atoms with Gasteiger partial charge >= 0.3 is 5.97 Å². The van der Waals surface area contributed by atoms with Crippen LogP contribution in [-0.4, -0.2) is 55.9 Å². The Morgan fingerprint density at radius 1 is 0.698 bits per heavy atom. The normalized spacial score (nSPS) is 13.2. The Morgan fingerprint density at radius 2 is 1.19 bits per heavy atom. The van der Waals surface area contributed by atoms with Gasteiger partial charge in [-0.1, -0.05) is 143 Å². The highest BCUT2D eigenvalue weighted by Crippen LogP contribution is 2.31. The number of ether oxygens (including phenoxy) is 3. The molecule has 53 heavy (non-hydrogen) atoms. The van der Waals surface area contributed by atoms with Crippen molar-refractivity contribution >= 4 is 23.2 Å². The lowest BCUT2D eigenvalue weighted by molar-refractivity contribution is -0.152. The zero-order valence-corrected chi connectivity index (χ0v) is 37.0. The van der Waals surface area contributed by atoms with Crippen molar-refractivity contribution in [2.75, 3.05) is 33.9 Å². The molecule has 2 unspecified atom stereocenters. The van der Waals surface area contributed by atoms with E-state index in [2.05, 4.69) is 84.5 Å². The highest BCUT2D eigenvalue weighted by molar-refractivity contribution is 7.80. The smallest absolute Gasteiger partial charge is 0.306 e. The summed E-state index contributed by atoms with van der Waals surface area (Å²) in [6, 6.07) is 0. The quantitative estimate of drug-likeness (QED) is 0.0205. The summed E-state index contributed by atoms with van der Waals surface area (Å²) >= 11 is 5.45. The summed E-state index contributed by atoms with van der Waals surface area (Å²) in [7, 11) is 4.23. The topological polar surface area (TPSA) is 48.0 Å². The van der Waals surface area contributed by atoms with E-state index in [-0.39, 0.29) is 17.5 Å². The van der Waals surface area contributed by atoms with Gasteiger partial charge in [0, 0.05) is 19.4 Å². The van der Waals surface area contributed by atoms with Crippen LogP contribution in [0.1, 0.15) is 202 Å². The van der Waals surface area contributed by atoms with E-state index < -0.39 is 0 Å². The molecular weight excluding hydrogens is 675 g/mol. The van der Waals surface area contributed by atoms with E-state index in [9.17, 15) is 4.79 Å². The van der Waals surface area contributed by atoms with Gasteiger partial charge in [0.15, 0.2) is 5.05 Å². The first-order valence-electron chi connectivity index (χ1n) is 22.1. The Kier molecular flexibility index (Phi) is 34.9. The summed E-state index contributed by atoms with van der Waals surface area (Å²) in [5, 5.41) is 0.737. The van der Waals surface area contributed by atoms with Gasteiger partial charge in [-0.25, -0.2) is 0 Å². The number of rotatable bonds is 38. The van der Waals surface area contributed by atoms with Crippen molar-refractivity contribution in [1.82, 2.24) is 4.90 Å². The molecule has 0 heterocycles. The van der Waals surface area contributed by atoms with E-state index in [4.69, 9.17) is 26.4 Å². The van der Waals surface area contributed by atoms with Gasteiger partial charge in [0.1, 0.15) is 19.3 Å². The maximum Gasteiger partial charge on any atom is 0.306 e. The van der Waals surface area contributed by atoms with Crippen molar-refractivity contribution in [2.45, 2.75) is 208 Å². The number of hydrogen-bond donors (Lipinski definition) is 0. The molecule has 6 heteroatoms. The zero-order chi connectivity index (χ0) is 39.4. The van der Waals surface area contributed by atoms with Crippen molar-refractivity contribution < 1.29 is 19.0 Å². The third-order valence-corrected chi connectivity index (χ3v) is 10.2. The van der Waals surface area contributed by atoms with Gasteiger partial charge in [0.05, 0.1) is 12.2 Å². The van der Waals surface area contributed by atoms with Crippen LogP contribution in [0.3, 0.4) is 0 Å². The molecule has 0 aromatic rings. The van der Waals surface area contributed by atoms with Crippen molar-refractivity contribution in [1.29, 1.82) is 0 Å². The minimum absolute atomic E-state index is 0.0195. The van der Waals surface area contributed by atoms with Crippen LogP contribution >= 0.6 is 12.2 Å². The number of carbonyl (C=O) groups is 1. The van der Waals surface area contributed by atoms with Gasteiger partial charge in [-0.15, -0.1) is 0 Å². The first-order chi connectivity index (χ1) is 25.5. The molecule has 5 nitrogen and oxygen atoms in total. The maximum absolute atomic E-state index is 13.2. The van der Waals surface area contributed by atoms with Crippen LogP contribution < -0.4 is 0 Å². The highest BCUT2D eigenvalue weighted by atomic mass is 32.1. The number of nitrogens with zero attached hydrogens (tertiary/aromatic N) is 1. The van der Waals surface area contributed by atoms with Crippen LogP contribution in [-0.2, 0) is 19.0 Å². The monoisotopic (exact) mass is 762 g/mol.